The van der Waals surface area contributed by atoms with Crippen molar-refractivity contribution in [1.82, 2.24) is 4.90 Å². The lowest BCUT2D eigenvalue weighted by atomic mass is 9.93. The van der Waals surface area contributed by atoms with Crippen molar-refractivity contribution < 1.29 is 9.59 Å². The number of hydrogen-bond acceptors (Lipinski definition) is 3. The number of carbonyl (C=O) groups is 2. The molecule has 5 heteroatoms. The molecule has 0 fully saturated rings. The van der Waals surface area contributed by atoms with Gasteiger partial charge >= 0.3 is 0 Å². The van der Waals surface area contributed by atoms with E-state index in [1.165, 1.54) is 0 Å². The second kappa shape index (κ2) is 8.91. The van der Waals surface area contributed by atoms with Gasteiger partial charge < -0.3 is 16.4 Å². The van der Waals surface area contributed by atoms with E-state index in [1.54, 1.807) is 4.90 Å². The average Bonchev–Trinajstić information content (AvgIpc) is 2.25. The van der Waals surface area contributed by atoms with Crippen LogP contribution in [0, 0.1) is 17.8 Å². The summed E-state index contributed by atoms with van der Waals surface area (Å²) in [5, 5.41) is 0. The normalized spacial score (nSPS) is 12.8. The lowest BCUT2D eigenvalue weighted by molar-refractivity contribution is -0.136. The number of primary amides is 1. The Hall–Kier alpha value is -1.10. The fourth-order valence-electron chi connectivity index (χ4n) is 2.19. The maximum absolute atomic E-state index is 12.2. The zero-order chi connectivity index (χ0) is 15.0. The van der Waals surface area contributed by atoms with Gasteiger partial charge in [0.15, 0.2) is 0 Å². The van der Waals surface area contributed by atoms with Gasteiger partial charge in [0.05, 0.1) is 6.54 Å². The molecule has 0 unspecified atom stereocenters. The van der Waals surface area contributed by atoms with Crippen LogP contribution in [-0.2, 0) is 9.59 Å². The molecule has 0 heterocycles. The summed E-state index contributed by atoms with van der Waals surface area (Å²) in [6, 6.07) is 0. The molecule has 0 aliphatic rings. The number of nitrogens with zero attached hydrogens (tertiary/aromatic N) is 1. The summed E-state index contributed by atoms with van der Waals surface area (Å²) in [5.74, 6) is 0.501. The van der Waals surface area contributed by atoms with Gasteiger partial charge in [-0.3, -0.25) is 9.59 Å². The molecular formula is C14H29N3O2. The van der Waals surface area contributed by atoms with Crippen molar-refractivity contribution in [2.75, 3.05) is 19.6 Å². The third-order valence-electron chi connectivity index (χ3n) is 2.89. The van der Waals surface area contributed by atoms with Crippen molar-refractivity contribution >= 4 is 11.8 Å². The number of nitrogens with two attached hydrogens (primary N) is 2. The van der Waals surface area contributed by atoms with Gasteiger partial charge in [-0.15, -0.1) is 0 Å². The Labute approximate surface area is 116 Å². The van der Waals surface area contributed by atoms with Crippen LogP contribution in [-0.4, -0.2) is 36.3 Å². The number of rotatable bonds is 9. The molecule has 0 aliphatic carbocycles. The van der Waals surface area contributed by atoms with Gasteiger partial charge in [-0.05, 0) is 30.7 Å². The molecule has 5 nitrogen and oxygen atoms in total. The average molecular weight is 271 g/mol. The number of carbonyl (C=O) groups excluding carboxylic acids is 2. The molecule has 0 saturated heterocycles. The molecule has 19 heavy (non-hydrogen) atoms. The van der Waals surface area contributed by atoms with E-state index in [0.29, 0.717) is 31.3 Å². The van der Waals surface area contributed by atoms with Crippen molar-refractivity contribution in [3.63, 3.8) is 0 Å². The zero-order valence-electron chi connectivity index (χ0n) is 12.7. The molecule has 0 aromatic heterocycles. The van der Waals surface area contributed by atoms with E-state index in [1.807, 2.05) is 13.8 Å². The summed E-state index contributed by atoms with van der Waals surface area (Å²) in [4.78, 5) is 24.8. The van der Waals surface area contributed by atoms with Crippen LogP contribution in [0.15, 0.2) is 0 Å². The second-order valence-corrected chi connectivity index (χ2v) is 6.07. The molecule has 0 radical (unpaired) electrons. The second-order valence-electron chi connectivity index (χ2n) is 6.07. The highest BCUT2D eigenvalue weighted by molar-refractivity contribution is 5.83. The minimum absolute atomic E-state index is 0.00398. The highest BCUT2D eigenvalue weighted by atomic mass is 16.2. The topological polar surface area (TPSA) is 89.4 Å². The highest BCUT2D eigenvalue weighted by Gasteiger charge is 2.21. The summed E-state index contributed by atoms with van der Waals surface area (Å²) in [6.07, 6.45) is 1.32. The first-order valence-electron chi connectivity index (χ1n) is 7.02. The van der Waals surface area contributed by atoms with Crippen molar-refractivity contribution in [1.29, 1.82) is 0 Å². The minimum Gasteiger partial charge on any atom is -0.368 e. The van der Waals surface area contributed by atoms with Crippen LogP contribution >= 0.6 is 0 Å². The molecule has 0 aliphatic heterocycles. The molecule has 0 saturated carbocycles. The summed E-state index contributed by atoms with van der Waals surface area (Å²) >= 11 is 0. The quantitative estimate of drug-likeness (QED) is 0.654. The van der Waals surface area contributed by atoms with Crippen LogP contribution in [0.5, 0.6) is 0 Å². The predicted octanol–water partition coefficient (Wildman–Crippen LogP) is 0.967. The van der Waals surface area contributed by atoms with E-state index in [-0.39, 0.29) is 18.4 Å². The summed E-state index contributed by atoms with van der Waals surface area (Å²) in [7, 11) is 0. The third-order valence-corrected chi connectivity index (χ3v) is 2.89. The maximum Gasteiger partial charge on any atom is 0.237 e. The van der Waals surface area contributed by atoms with Crippen LogP contribution in [0.3, 0.4) is 0 Å². The monoisotopic (exact) mass is 271 g/mol. The standard InChI is InChI=1S/C14H29N3O2/c1-10(2)5-12(7-15)6-14(19)17(8-11(3)4)9-13(16)18/h10-12H,5-9,15H2,1-4H3,(H2,16,18)/t12-/m0/s1. The van der Waals surface area contributed by atoms with Gasteiger partial charge in [0, 0.05) is 13.0 Å². The molecule has 0 aromatic rings. The Morgan fingerprint density at radius 1 is 1.11 bits per heavy atom. The van der Waals surface area contributed by atoms with Crippen molar-refractivity contribution in [3.8, 4) is 0 Å². The Morgan fingerprint density at radius 2 is 1.68 bits per heavy atom. The van der Waals surface area contributed by atoms with Gasteiger partial charge in [0.1, 0.15) is 0 Å². The largest absolute Gasteiger partial charge is 0.368 e. The smallest absolute Gasteiger partial charge is 0.237 e. The SMILES string of the molecule is CC(C)C[C@H](CN)CC(=O)N(CC(N)=O)CC(C)C. The first-order chi connectivity index (χ1) is 8.76. The van der Waals surface area contributed by atoms with Crippen LogP contribution in [0.25, 0.3) is 0 Å². The van der Waals surface area contributed by atoms with Gasteiger partial charge in [0.2, 0.25) is 11.8 Å². The van der Waals surface area contributed by atoms with E-state index in [2.05, 4.69) is 13.8 Å². The van der Waals surface area contributed by atoms with Gasteiger partial charge in [0.25, 0.3) is 0 Å². The molecule has 0 spiro atoms. The fraction of sp³-hybridized carbons (Fsp3) is 0.857. The minimum atomic E-state index is -0.470. The third kappa shape index (κ3) is 8.59. The van der Waals surface area contributed by atoms with E-state index >= 15 is 0 Å². The lowest BCUT2D eigenvalue weighted by Gasteiger charge is -2.26. The Balaban J connectivity index is 4.55. The molecule has 2 amide bonds. The van der Waals surface area contributed by atoms with Crippen molar-refractivity contribution in [3.05, 3.63) is 0 Å². The number of amides is 2. The summed E-state index contributed by atoms with van der Waals surface area (Å²) in [6.45, 7) is 9.29. The fourth-order valence-corrected chi connectivity index (χ4v) is 2.19. The van der Waals surface area contributed by atoms with Crippen molar-refractivity contribution in [2.24, 2.45) is 29.2 Å². The predicted molar refractivity (Wildman–Crippen MR) is 77.2 cm³/mol. The van der Waals surface area contributed by atoms with Crippen molar-refractivity contribution in [2.45, 2.75) is 40.5 Å². The van der Waals surface area contributed by atoms with E-state index in [9.17, 15) is 9.59 Å². The first-order valence-corrected chi connectivity index (χ1v) is 7.02. The molecule has 0 aromatic carbocycles. The van der Waals surface area contributed by atoms with Gasteiger partial charge in [-0.25, -0.2) is 0 Å². The number of hydrogen-bond donors (Lipinski definition) is 2. The lowest BCUT2D eigenvalue weighted by Crippen LogP contribution is -2.41. The van der Waals surface area contributed by atoms with E-state index in [4.69, 9.17) is 11.5 Å². The Bertz CT molecular complexity index is 290. The molecule has 1 atom stereocenters. The summed E-state index contributed by atoms with van der Waals surface area (Å²) in [5.41, 5.74) is 10.9. The molecule has 112 valence electrons. The van der Waals surface area contributed by atoms with E-state index < -0.39 is 5.91 Å². The van der Waals surface area contributed by atoms with Gasteiger partial charge in [-0.2, -0.15) is 0 Å². The molecule has 4 N–H and O–H groups in total. The van der Waals surface area contributed by atoms with Crippen LogP contribution in [0.2, 0.25) is 0 Å². The van der Waals surface area contributed by atoms with Gasteiger partial charge in [-0.1, -0.05) is 27.7 Å². The molecular weight excluding hydrogens is 242 g/mol. The summed E-state index contributed by atoms with van der Waals surface area (Å²) < 4.78 is 0. The maximum atomic E-state index is 12.2. The van der Waals surface area contributed by atoms with Crippen LogP contribution in [0.1, 0.15) is 40.5 Å². The van der Waals surface area contributed by atoms with Crippen LogP contribution < -0.4 is 11.5 Å². The van der Waals surface area contributed by atoms with Crippen LogP contribution in [0.4, 0.5) is 0 Å². The Kier molecular flexibility index (Phi) is 8.39. The highest BCUT2D eigenvalue weighted by Crippen LogP contribution is 2.16. The zero-order valence-corrected chi connectivity index (χ0v) is 12.7. The Morgan fingerprint density at radius 3 is 2.05 bits per heavy atom. The molecule has 0 rings (SSSR count). The first kappa shape index (κ1) is 17.9. The molecule has 0 bridgehead atoms. The van der Waals surface area contributed by atoms with E-state index in [0.717, 1.165) is 6.42 Å².